The van der Waals surface area contributed by atoms with Crippen molar-refractivity contribution in [1.29, 1.82) is 5.26 Å². The molecule has 0 aliphatic carbocycles. The maximum atomic E-state index is 9.13. The molecule has 3 heteroatoms. The standard InChI is InChI=1S/C11H11NO2/c1-13-11(7-12)8-14-6-9-4-2-3-5-10(9)11/h2-5H,6,8H2,1H3. The molecule has 0 amide bonds. The van der Waals surface area contributed by atoms with Gasteiger partial charge in [0.15, 0.2) is 0 Å². The van der Waals surface area contributed by atoms with Gasteiger partial charge < -0.3 is 9.47 Å². The molecule has 1 atom stereocenters. The Hall–Kier alpha value is -1.37. The SMILES string of the molecule is COC1(C#N)COCc2ccccc21. The van der Waals surface area contributed by atoms with Crippen molar-refractivity contribution in [3.05, 3.63) is 35.4 Å². The van der Waals surface area contributed by atoms with E-state index in [-0.39, 0.29) is 0 Å². The van der Waals surface area contributed by atoms with Crippen molar-refractivity contribution >= 4 is 0 Å². The Balaban J connectivity index is 2.55. The van der Waals surface area contributed by atoms with Gasteiger partial charge in [-0.1, -0.05) is 24.3 Å². The molecule has 0 N–H and O–H groups in total. The number of benzene rings is 1. The lowest BCUT2D eigenvalue weighted by atomic mass is 9.90. The van der Waals surface area contributed by atoms with Crippen LogP contribution in [0, 0.1) is 11.3 Å². The van der Waals surface area contributed by atoms with Gasteiger partial charge in [0.05, 0.1) is 13.2 Å². The molecule has 72 valence electrons. The Kier molecular flexibility index (Phi) is 2.24. The molecule has 1 unspecified atom stereocenters. The van der Waals surface area contributed by atoms with Crippen LogP contribution >= 0.6 is 0 Å². The van der Waals surface area contributed by atoms with Gasteiger partial charge in [0.2, 0.25) is 5.60 Å². The van der Waals surface area contributed by atoms with Crippen molar-refractivity contribution in [2.24, 2.45) is 0 Å². The molecule has 1 aliphatic heterocycles. The van der Waals surface area contributed by atoms with Crippen molar-refractivity contribution in [2.75, 3.05) is 13.7 Å². The van der Waals surface area contributed by atoms with E-state index in [4.69, 9.17) is 14.7 Å². The van der Waals surface area contributed by atoms with Crippen molar-refractivity contribution in [3.8, 4) is 6.07 Å². The van der Waals surface area contributed by atoms with Crippen molar-refractivity contribution in [3.63, 3.8) is 0 Å². The van der Waals surface area contributed by atoms with Crippen LogP contribution in [-0.2, 0) is 21.7 Å². The highest BCUT2D eigenvalue weighted by atomic mass is 16.5. The summed E-state index contributed by atoms with van der Waals surface area (Å²) in [5.74, 6) is 0. The summed E-state index contributed by atoms with van der Waals surface area (Å²) in [6, 6.07) is 9.90. The van der Waals surface area contributed by atoms with Crippen LogP contribution in [0.25, 0.3) is 0 Å². The fraction of sp³-hybridized carbons (Fsp3) is 0.364. The quantitative estimate of drug-likeness (QED) is 0.673. The number of nitriles is 1. The first-order valence-electron chi connectivity index (χ1n) is 4.45. The van der Waals surface area contributed by atoms with Gasteiger partial charge in [0.25, 0.3) is 0 Å². The molecular weight excluding hydrogens is 178 g/mol. The highest BCUT2D eigenvalue weighted by Crippen LogP contribution is 2.32. The van der Waals surface area contributed by atoms with E-state index >= 15 is 0 Å². The van der Waals surface area contributed by atoms with E-state index in [0.717, 1.165) is 11.1 Å². The summed E-state index contributed by atoms with van der Waals surface area (Å²) in [6.07, 6.45) is 0. The largest absolute Gasteiger partial charge is 0.372 e. The summed E-state index contributed by atoms with van der Waals surface area (Å²) in [6.45, 7) is 0.861. The van der Waals surface area contributed by atoms with Gasteiger partial charge in [-0.15, -0.1) is 0 Å². The first-order valence-corrected chi connectivity index (χ1v) is 4.45. The van der Waals surface area contributed by atoms with Gasteiger partial charge in [0, 0.05) is 12.7 Å². The van der Waals surface area contributed by atoms with Gasteiger partial charge in [-0.2, -0.15) is 5.26 Å². The second-order valence-electron chi connectivity index (χ2n) is 3.29. The molecule has 0 spiro atoms. The third kappa shape index (κ3) is 1.20. The molecule has 0 saturated carbocycles. The minimum absolute atomic E-state index is 0.303. The molecule has 1 aliphatic rings. The number of fused-ring (bicyclic) bond motifs is 1. The normalized spacial score (nSPS) is 25.1. The Bertz CT molecular complexity index is 383. The number of hydrogen-bond donors (Lipinski definition) is 0. The van der Waals surface area contributed by atoms with Gasteiger partial charge in [-0.3, -0.25) is 0 Å². The summed E-state index contributed by atoms with van der Waals surface area (Å²) in [5.41, 5.74) is 1.04. The molecule has 0 bridgehead atoms. The smallest absolute Gasteiger partial charge is 0.202 e. The molecule has 1 heterocycles. The maximum absolute atomic E-state index is 9.13. The van der Waals surface area contributed by atoms with E-state index < -0.39 is 5.60 Å². The Morgan fingerprint density at radius 1 is 1.50 bits per heavy atom. The second kappa shape index (κ2) is 3.41. The predicted molar refractivity (Wildman–Crippen MR) is 50.4 cm³/mol. The highest BCUT2D eigenvalue weighted by molar-refractivity contribution is 5.38. The zero-order valence-corrected chi connectivity index (χ0v) is 7.99. The third-order valence-corrected chi connectivity index (χ3v) is 2.54. The predicted octanol–water partition coefficient (Wildman–Crippen LogP) is 1.58. The first kappa shape index (κ1) is 9.20. The zero-order chi connectivity index (χ0) is 10.0. The molecule has 3 nitrogen and oxygen atoms in total. The lowest BCUT2D eigenvalue weighted by Gasteiger charge is -2.31. The molecule has 0 fully saturated rings. The topological polar surface area (TPSA) is 42.2 Å². The lowest BCUT2D eigenvalue weighted by Crippen LogP contribution is -2.36. The number of ether oxygens (including phenoxy) is 2. The molecule has 1 aromatic carbocycles. The van der Waals surface area contributed by atoms with Gasteiger partial charge in [-0.25, -0.2) is 0 Å². The van der Waals surface area contributed by atoms with Crippen LogP contribution in [0.2, 0.25) is 0 Å². The van der Waals surface area contributed by atoms with Crippen LogP contribution in [0.1, 0.15) is 11.1 Å². The minimum atomic E-state index is -0.922. The first-order chi connectivity index (χ1) is 6.82. The summed E-state index contributed by atoms with van der Waals surface area (Å²) in [5, 5.41) is 9.13. The molecule has 14 heavy (non-hydrogen) atoms. The Morgan fingerprint density at radius 3 is 3.00 bits per heavy atom. The molecule has 0 aromatic heterocycles. The van der Waals surface area contributed by atoms with Gasteiger partial charge in [-0.05, 0) is 5.56 Å². The maximum Gasteiger partial charge on any atom is 0.202 e. The number of nitrogens with zero attached hydrogens (tertiary/aromatic N) is 1. The Morgan fingerprint density at radius 2 is 2.29 bits per heavy atom. The van der Waals surface area contributed by atoms with E-state index in [1.54, 1.807) is 0 Å². The summed E-state index contributed by atoms with van der Waals surface area (Å²) < 4.78 is 10.6. The van der Waals surface area contributed by atoms with E-state index in [0.29, 0.717) is 13.2 Å². The second-order valence-corrected chi connectivity index (χ2v) is 3.29. The average molecular weight is 189 g/mol. The van der Waals surface area contributed by atoms with Crippen LogP contribution in [0.5, 0.6) is 0 Å². The van der Waals surface area contributed by atoms with Crippen molar-refractivity contribution in [1.82, 2.24) is 0 Å². The van der Waals surface area contributed by atoms with Crippen LogP contribution in [0.4, 0.5) is 0 Å². The van der Waals surface area contributed by atoms with Gasteiger partial charge >= 0.3 is 0 Å². The number of rotatable bonds is 1. The molecular formula is C11H11NO2. The average Bonchev–Trinajstić information content (AvgIpc) is 2.28. The Labute approximate surface area is 82.9 Å². The highest BCUT2D eigenvalue weighted by Gasteiger charge is 2.37. The van der Waals surface area contributed by atoms with Gasteiger partial charge in [0.1, 0.15) is 6.07 Å². The fourth-order valence-corrected chi connectivity index (χ4v) is 1.73. The van der Waals surface area contributed by atoms with Crippen LogP contribution in [0.15, 0.2) is 24.3 Å². The molecule has 2 rings (SSSR count). The zero-order valence-electron chi connectivity index (χ0n) is 7.99. The number of hydrogen-bond acceptors (Lipinski definition) is 3. The van der Waals surface area contributed by atoms with E-state index in [1.165, 1.54) is 7.11 Å². The third-order valence-electron chi connectivity index (χ3n) is 2.54. The summed E-state index contributed by atoms with van der Waals surface area (Å²) >= 11 is 0. The summed E-state index contributed by atoms with van der Waals surface area (Å²) in [7, 11) is 1.54. The van der Waals surface area contributed by atoms with Crippen LogP contribution in [-0.4, -0.2) is 13.7 Å². The van der Waals surface area contributed by atoms with Crippen molar-refractivity contribution in [2.45, 2.75) is 12.2 Å². The molecule has 0 radical (unpaired) electrons. The number of methoxy groups -OCH3 is 1. The van der Waals surface area contributed by atoms with E-state index in [9.17, 15) is 0 Å². The monoisotopic (exact) mass is 189 g/mol. The lowest BCUT2D eigenvalue weighted by molar-refractivity contribution is -0.0623. The van der Waals surface area contributed by atoms with Crippen LogP contribution < -0.4 is 0 Å². The molecule has 1 aromatic rings. The summed E-state index contributed by atoms with van der Waals surface area (Å²) in [4.78, 5) is 0. The van der Waals surface area contributed by atoms with E-state index in [1.807, 2.05) is 24.3 Å². The minimum Gasteiger partial charge on any atom is -0.372 e. The molecule has 0 saturated heterocycles. The van der Waals surface area contributed by atoms with E-state index in [2.05, 4.69) is 6.07 Å². The van der Waals surface area contributed by atoms with Crippen molar-refractivity contribution < 1.29 is 9.47 Å². The fourth-order valence-electron chi connectivity index (χ4n) is 1.73. The van der Waals surface area contributed by atoms with Crippen LogP contribution in [0.3, 0.4) is 0 Å².